The normalized spacial score (nSPS) is 16.5. The van der Waals surface area contributed by atoms with Crippen molar-refractivity contribution in [3.8, 4) is 5.75 Å². The van der Waals surface area contributed by atoms with E-state index in [9.17, 15) is 13.2 Å². The highest BCUT2D eigenvalue weighted by Gasteiger charge is 2.25. The summed E-state index contributed by atoms with van der Waals surface area (Å²) in [6.07, 6.45) is 3.89. The van der Waals surface area contributed by atoms with Crippen LogP contribution in [0, 0.1) is 0 Å². The number of carbonyl (C=O) groups is 1. The van der Waals surface area contributed by atoms with Gasteiger partial charge >= 0.3 is 0 Å². The number of amides is 1. The second-order valence-electron chi connectivity index (χ2n) is 7.27. The molecule has 2 aromatic carbocycles. The number of nitrogens with one attached hydrogen (secondary N) is 1. The van der Waals surface area contributed by atoms with Crippen LogP contribution in [0.4, 0.5) is 5.69 Å². The van der Waals surface area contributed by atoms with Gasteiger partial charge in [-0.1, -0.05) is 18.9 Å². The number of hydrogen-bond acceptors (Lipinski definition) is 5. The molecule has 1 amide bonds. The number of sulfonamides is 1. The third-order valence-electron chi connectivity index (χ3n) is 5.05. The fraction of sp³-hybridized carbons (Fsp3) is 0.409. The summed E-state index contributed by atoms with van der Waals surface area (Å²) in [6.45, 7) is 2.92. The quantitative estimate of drug-likeness (QED) is 0.636. The summed E-state index contributed by atoms with van der Waals surface area (Å²) >= 11 is 1.43. The van der Waals surface area contributed by atoms with Crippen LogP contribution in [0.2, 0.25) is 0 Å². The third kappa shape index (κ3) is 5.77. The standard InChI is InChI=1S/C22H28N2O4S2/c1-17(29-20-12-10-19(28-2)11-13-20)22(25)23-18-8-7-9-21(16-18)30(26,27)24-14-5-3-4-6-15-24/h7-13,16-17H,3-6,14-15H2,1-2H3,(H,23,25). The zero-order valence-electron chi connectivity index (χ0n) is 17.3. The van der Waals surface area contributed by atoms with Crippen molar-refractivity contribution < 1.29 is 17.9 Å². The minimum Gasteiger partial charge on any atom is -0.497 e. The van der Waals surface area contributed by atoms with E-state index in [0.29, 0.717) is 18.8 Å². The highest BCUT2D eigenvalue weighted by Crippen LogP contribution is 2.27. The molecular formula is C22H28N2O4S2. The third-order valence-corrected chi connectivity index (χ3v) is 8.05. The van der Waals surface area contributed by atoms with E-state index >= 15 is 0 Å². The molecule has 0 aromatic heterocycles. The summed E-state index contributed by atoms with van der Waals surface area (Å²) < 4.78 is 32.7. The van der Waals surface area contributed by atoms with Crippen LogP contribution in [-0.2, 0) is 14.8 Å². The molecule has 1 heterocycles. The van der Waals surface area contributed by atoms with Crippen molar-refractivity contribution in [1.82, 2.24) is 4.31 Å². The molecule has 30 heavy (non-hydrogen) atoms. The zero-order valence-corrected chi connectivity index (χ0v) is 19.0. The number of rotatable bonds is 7. The van der Waals surface area contributed by atoms with Gasteiger partial charge in [-0.15, -0.1) is 11.8 Å². The summed E-state index contributed by atoms with van der Waals surface area (Å²) in [4.78, 5) is 13.8. The lowest BCUT2D eigenvalue weighted by Crippen LogP contribution is -2.32. The largest absolute Gasteiger partial charge is 0.497 e. The molecule has 1 fully saturated rings. The molecule has 2 aromatic rings. The second-order valence-corrected chi connectivity index (χ2v) is 10.6. The van der Waals surface area contributed by atoms with Crippen molar-refractivity contribution in [2.45, 2.75) is 47.6 Å². The first-order valence-corrected chi connectivity index (χ1v) is 12.4. The summed E-state index contributed by atoms with van der Waals surface area (Å²) in [7, 11) is -1.94. The van der Waals surface area contributed by atoms with Crippen LogP contribution in [0.3, 0.4) is 0 Å². The Labute approximate surface area is 183 Å². The van der Waals surface area contributed by atoms with E-state index in [1.54, 1.807) is 35.7 Å². The molecule has 1 unspecified atom stereocenters. The minimum absolute atomic E-state index is 0.180. The first-order chi connectivity index (χ1) is 14.4. The highest BCUT2D eigenvalue weighted by atomic mass is 32.2. The number of methoxy groups -OCH3 is 1. The lowest BCUT2D eigenvalue weighted by atomic mass is 10.2. The predicted molar refractivity (Wildman–Crippen MR) is 121 cm³/mol. The van der Waals surface area contributed by atoms with Crippen molar-refractivity contribution in [2.75, 3.05) is 25.5 Å². The van der Waals surface area contributed by atoms with Crippen LogP contribution >= 0.6 is 11.8 Å². The van der Waals surface area contributed by atoms with E-state index in [4.69, 9.17) is 4.74 Å². The summed E-state index contributed by atoms with van der Waals surface area (Å²) in [5, 5.41) is 2.50. The van der Waals surface area contributed by atoms with Crippen molar-refractivity contribution in [3.63, 3.8) is 0 Å². The van der Waals surface area contributed by atoms with Gasteiger partial charge in [0.1, 0.15) is 5.75 Å². The van der Waals surface area contributed by atoms with E-state index in [0.717, 1.165) is 36.3 Å². The maximum atomic E-state index is 13.0. The Kier molecular flexibility index (Phi) is 7.80. The predicted octanol–water partition coefficient (Wildman–Crippen LogP) is 4.38. The topological polar surface area (TPSA) is 75.7 Å². The van der Waals surface area contributed by atoms with Gasteiger partial charge in [0.15, 0.2) is 0 Å². The van der Waals surface area contributed by atoms with E-state index in [1.807, 2.05) is 31.2 Å². The number of hydrogen-bond donors (Lipinski definition) is 1. The highest BCUT2D eigenvalue weighted by molar-refractivity contribution is 8.00. The molecule has 8 heteroatoms. The monoisotopic (exact) mass is 448 g/mol. The molecule has 1 aliphatic rings. The number of ether oxygens (including phenoxy) is 1. The second kappa shape index (κ2) is 10.3. The number of benzene rings is 2. The maximum absolute atomic E-state index is 13.0. The average Bonchev–Trinajstić information content (AvgIpc) is 3.04. The fourth-order valence-electron chi connectivity index (χ4n) is 3.32. The van der Waals surface area contributed by atoms with Crippen LogP contribution in [-0.4, -0.2) is 44.1 Å². The van der Waals surface area contributed by atoms with Crippen molar-refractivity contribution in [1.29, 1.82) is 0 Å². The van der Waals surface area contributed by atoms with Crippen LogP contribution in [0.15, 0.2) is 58.3 Å². The molecule has 3 rings (SSSR count). The Morgan fingerprint density at radius 1 is 1.07 bits per heavy atom. The molecule has 0 aliphatic carbocycles. The smallest absolute Gasteiger partial charge is 0.243 e. The van der Waals surface area contributed by atoms with E-state index in [-0.39, 0.29) is 16.1 Å². The first-order valence-electron chi connectivity index (χ1n) is 10.1. The molecule has 1 N–H and O–H groups in total. The number of anilines is 1. The van der Waals surface area contributed by atoms with Crippen molar-refractivity contribution in [3.05, 3.63) is 48.5 Å². The zero-order chi connectivity index (χ0) is 21.6. The van der Waals surface area contributed by atoms with E-state index in [1.165, 1.54) is 11.8 Å². The molecule has 1 aliphatic heterocycles. The van der Waals surface area contributed by atoms with Gasteiger partial charge < -0.3 is 10.1 Å². The van der Waals surface area contributed by atoms with Gasteiger partial charge in [-0.3, -0.25) is 4.79 Å². The number of thioether (sulfide) groups is 1. The molecule has 1 atom stereocenters. The first kappa shape index (κ1) is 22.7. The molecule has 162 valence electrons. The Hall–Kier alpha value is -2.03. The van der Waals surface area contributed by atoms with E-state index < -0.39 is 10.0 Å². The van der Waals surface area contributed by atoms with Gasteiger partial charge in [0, 0.05) is 23.7 Å². The molecule has 0 radical (unpaired) electrons. The maximum Gasteiger partial charge on any atom is 0.243 e. The number of carbonyl (C=O) groups excluding carboxylic acids is 1. The summed E-state index contributed by atoms with van der Waals surface area (Å²) in [6, 6.07) is 14.0. The lowest BCUT2D eigenvalue weighted by molar-refractivity contribution is -0.115. The van der Waals surface area contributed by atoms with Crippen LogP contribution in [0.5, 0.6) is 5.75 Å². The molecule has 0 spiro atoms. The van der Waals surface area contributed by atoms with Gasteiger partial charge in [0.05, 0.1) is 17.3 Å². The van der Waals surface area contributed by atoms with Gasteiger partial charge in [-0.2, -0.15) is 4.31 Å². The molecular weight excluding hydrogens is 420 g/mol. The van der Waals surface area contributed by atoms with Gasteiger partial charge in [0.2, 0.25) is 15.9 Å². The lowest BCUT2D eigenvalue weighted by Gasteiger charge is -2.20. The van der Waals surface area contributed by atoms with Crippen LogP contribution in [0.25, 0.3) is 0 Å². The molecule has 0 saturated carbocycles. The van der Waals surface area contributed by atoms with Gasteiger partial charge in [0.25, 0.3) is 0 Å². The average molecular weight is 449 g/mol. The van der Waals surface area contributed by atoms with E-state index in [2.05, 4.69) is 5.32 Å². The van der Waals surface area contributed by atoms with Crippen molar-refractivity contribution in [2.24, 2.45) is 0 Å². The Balaban J connectivity index is 1.66. The Bertz CT molecular complexity index is 953. The molecule has 6 nitrogen and oxygen atoms in total. The minimum atomic E-state index is -3.55. The number of nitrogens with zero attached hydrogens (tertiary/aromatic N) is 1. The van der Waals surface area contributed by atoms with Crippen LogP contribution in [0.1, 0.15) is 32.6 Å². The van der Waals surface area contributed by atoms with Gasteiger partial charge in [-0.25, -0.2) is 8.42 Å². The summed E-state index contributed by atoms with van der Waals surface area (Å²) in [5.74, 6) is 0.582. The fourth-order valence-corrected chi connectivity index (χ4v) is 5.75. The van der Waals surface area contributed by atoms with Gasteiger partial charge in [-0.05, 0) is 62.2 Å². The van der Waals surface area contributed by atoms with Crippen LogP contribution < -0.4 is 10.1 Å². The molecule has 0 bridgehead atoms. The summed E-state index contributed by atoms with van der Waals surface area (Å²) in [5.41, 5.74) is 0.484. The van der Waals surface area contributed by atoms with Crippen molar-refractivity contribution >= 4 is 33.4 Å². The Morgan fingerprint density at radius 2 is 1.73 bits per heavy atom. The Morgan fingerprint density at radius 3 is 2.37 bits per heavy atom. The SMILES string of the molecule is COc1ccc(SC(C)C(=O)Nc2cccc(S(=O)(=O)N3CCCCCC3)c2)cc1. The molecule has 1 saturated heterocycles.